The third kappa shape index (κ3) is 2.14. The summed E-state index contributed by atoms with van der Waals surface area (Å²) >= 11 is 9.27. The first-order chi connectivity index (χ1) is 6.75. The lowest BCUT2D eigenvalue weighted by atomic mass is 10.1. The normalized spacial score (nSPS) is 10.1. The van der Waals surface area contributed by atoms with Crippen LogP contribution in [0.2, 0.25) is 5.02 Å². The molecule has 0 aliphatic rings. The highest BCUT2D eigenvalue weighted by molar-refractivity contribution is 9.10. The molecule has 0 atom stereocenters. The molecule has 1 nitrogen and oxygen atoms in total. The molecule has 0 saturated carbocycles. The zero-order valence-corrected chi connectivity index (χ0v) is 9.51. The second-order valence-electron chi connectivity index (χ2n) is 2.78. The van der Waals surface area contributed by atoms with Crippen LogP contribution in [-0.2, 0) is 0 Å². The average Bonchev–Trinajstić information content (AvgIpc) is 2.18. The second-order valence-corrected chi connectivity index (χ2v) is 4.13. The lowest BCUT2D eigenvalue weighted by molar-refractivity contribution is 1.31. The van der Waals surface area contributed by atoms with E-state index in [-0.39, 0.29) is 0 Å². The van der Waals surface area contributed by atoms with Crippen LogP contribution in [0.4, 0.5) is 0 Å². The Bertz CT molecular complexity index is 413. The van der Waals surface area contributed by atoms with E-state index in [1.54, 1.807) is 18.3 Å². The van der Waals surface area contributed by atoms with Crippen LogP contribution in [0.3, 0.4) is 0 Å². The number of benzene rings is 1. The molecule has 14 heavy (non-hydrogen) atoms. The smallest absolute Gasteiger partial charge is 0.0719 e. The molecular formula is C11H6BrClN. The Kier molecular flexibility index (Phi) is 2.85. The lowest BCUT2D eigenvalue weighted by Crippen LogP contribution is -1.82. The molecule has 69 valence electrons. The molecule has 1 radical (unpaired) electrons. The maximum atomic E-state index is 5.88. The molecule has 1 aromatic heterocycles. The van der Waals surface area contributed by atoms with Crippen molar-refractivity contribution in [3.8, 4) is 11.3 Å². The maximum Gasteiger partial charge on any atom is 0.0719 e. The highest BCUT2D eigenvalue weighted by Crippen LogP contribution is 2.22. The van der Waals surface area contributed by atoms with E-state index < -0.39 is 0 Å². The molecule has 0 saturated heterocycles. The Morgan fingerprint density at radius 1 is 1.29 bits per heavy atom. The SMILES string of the molecule is Clc1cc[c]c(-c2cc(Br)ccn2)c1. The van der Waals surface area contributed by atoms with Gasteiger partial charge in [0.2, 0.25) is 0 Å². The van der Waals surface area contributed by atoms with Gasteiger partial charge in [-0.1, -0.05) is 33.6 Å². The van der Waals surface area contributed by atoms with Gasteiger partial charge in [0.15, 0.2) is 0 Å². The van der Waals surface area contributed by atoms with Crippen molar-refractivity contribution in [3.05, 3.63) is 52.1 Å². The fraction of sp³-hybridized carbons (Fsp3) is 0. The number of halogens is 2. The van der Waals surface area contributed by atoms with Crippen molar-refractivity contribution in [1.82, 2.24) is 4.98 Å². The summed E-state index contributed by atoms with van der Waals surface area (Å²) in [5, 5.41) is 0.695. The summed E-state index contributed by atoms with van der Waals surface area (Å²) in [5.74, 6) is 0. The fourth-order valence-corrected chi connectivity index (χ4v) is 1.65. The largest absolute Gasteiger partial charge is 0.256 e. The van der Waals surface area contributed by atoms with E-state index in [0.717, 1.165) is 15.7 Å². The number of aromatic nitrogens is 1. The summed E-state index contributed by atoms with van der Waals surface area (Å²) in [6.07, 6.45) is 1.74. The molecule has 0 bridgehead atoms. The molecule has 1 heterocycles. The van der Waals surface area contributed by atoms with Gasteiger partial charge in [0.05, 0.1) is 5.69 Å². The molecule has 0 aliphatic heterocycles. The van der Waals surface area contributed by atoms with Crippen LogP contribution in [0.25, 0.3) is 11.3 Å². The second kappa shape index (κ2) is 4.11. The van der Waals surface area contributed by atoms with E-state index in [1.807, 2.05) is 18.2 Å². The molecule has 0 amide bonds. The maximum absolute atomic E-state index is 5.88. The monoisotopic (exact) mass is 266 g/mol. The predicted molar refractivity (Wildman–Crippen MR) is 61.2 cm³/mol. The Labute approximate surface area is 95.9 Å². The topological polar surface area (TPSA) is 12.9 Å². The van der Waals surface area contributed by atoms with Gasteiger partial charge in [0.25, 0.3) is 0 Å². The van der Waals surface area contributed by atoms with Gasteiger partial charge in [0, 0.05) is 21.3 Å². The Hall–Kier alpha value is -0.860. The van der Waals surface area contributed by atoms with Crippen molar-refractivity contribution < 1.29 is 0 Å². The van der Waals surface area contributed by atoms with Crippen molar-refractivity contribution in [2.45, 2.75) is 0 Å². The van der Waals surface area contributed by atoms with Crippen LogP contribution in [0, 0.1) is 6.07 Å². The summed E-state index contributed by atoms with van der Waals surface area (Å²) in [7, 11) is 0. The minimum atomic E-state index is 0.695. The van der Waals surface area contributed by atoms with E-state index >= 15 is 0 Å². The van der Waals surface area contributed by atoms with Gasteiger partial charge in [0.1, 0.15) is 0 Å². The Balaban J connectivity index is 2.49. The number of pyridine rings is 1. The Morgan fingerprint density at radius 2 is 2.14 bits per heavy atom. The summed E-state index contributed by atoms with van der Waals surface area (Å²) in [5.41, 5.74) is 1.76. The van der Waals surface area contributed by atoms with Crippen LogP contribution in [0.1, 0.15) is 0 Å². The molecule has 0 spiro atoms. The van der Waals surface area contributed by atoms with Gasteiger partial charge < -0.3 is 0 Å². The van der Waals surface area contributed by atoms with Gasteiger partial charge >= 0.3 is 0 Å². The molecule has 2 aromatic rings. The van der Waals surface area contributed by atoms with E-state index in [0.29, 0.717) is 5.02 Å². The van der Waals surface area contributed by atoms with Gasteiger partial charge in [-0.15, -0.1) is 0 Å². The van der Waals surface area contributed by atoms with Crippen molar-refractivity contribution in [1.29, 1.82) is 0 Å². The molecular weight excluding hydrogens is 261 g/mol. The molecule has 2 rings (SSSR count). The zero-order chi connectivity index (χ0) is 9.97. The quantitative estimate of drug-likeness (QED) is 0.762. The average molecular weight is 268 g/mol. The fourth-order valence-electron chi connectivity index (χ4n) is 1.14. The summed E-state index contributed by atoms with van der Waals surface area (Å²) in [6, 6.07) is 12.3. The van der Waals surface area contributed by atoms with Gasteiger partial charge in [-0.05, 0) is 30.3 Å². The third-order valence-corrected chi connectivity index (χ3v) is 2.49. The molecule has 1 aromatic carbocycles. The molecule has 0 N–H and O–H groups in total. The summed E-state index contributed by atoms with van der Waals surface area (Å²) in [6.45, 7) is 0. The number of hydrogen-bond donors (Lipinski definition) is 0. The first kappa shape index (κ1) is 9.69. The standard InChI is InChI=1S/C11H6BrClN/c12-9-4-5-14-11(7-9)8-2-1-3-10(13)6-8/h1,3-7H. The third-order valence-electron chi connectivity index (χ3n) is 1.76. The van der Waals surface area contributed by atoms with Crippen LogP contribution < -0.4 is 0 Å². The number of nitrogens with zero attached hydrogens (tertiary/aromatic N) is 1. The molecule has 0 fully saturated rings. The van der Waals surface area contributed by atoms with E-state index in [1.165, 1.54) is 0 Å². The Morgan fingerprint density at radius 3 is 2.86 bits per heavy atom. The van der Waals surface area contributed by atoms with E-state index in [9.17, 15) is 0 Å². The highest BCUT2D eigenvalue weighted by atomic mass is 79.9. The number of rotatable bonds is 1. The zero-order valence-electron chi connectivity index (χ0n) is 7.17. The first-order valence-electron chi connectivity index (χ1n) is 4.05. The minimum Gasteiger partial charge on any atom is -0.256 e. The van der Waals surface area contributed by atoms with Crippen LogP contribution in [0.15, 0.2) is 41.0 Å². The molecule has 0 aliphatic carbocycles. The molecule has 0 unspecified atom stereocenters. The van der Waals surface area contributed by atoms with Crippen LogP contribution >= 0.6 is 27.5 Å². The lowest BCUT2D eigenvalue weighted by Gasteiger charge is -2.00. The first-order valence-corrected chi connectivity index (χ1v) is 5.22. The summed E-state index contributed by atoms with van der Waals surface area (Å²) in [4.78, 5) is 4.23. The summed E-state index contributed by atoms with van der Waals surface area (Å²) < 4.78 is 0.996. The minimum absolute atomic E-state index is 0.695. The van der Waals surface area contributed by atoms with Crippen LogP contribution in [0.5, 0.6) is 0 Å². The highest BCUT2D eigenvalue weighted by Gasteiger charge is 2.00. The van der Waals surface area contributed by atoms with Gasteiger partial charge in [-0.3, -0.25) is 4.98 Å². The van der Waals surface area contributed by atoms with Gasteiger partial charge in [-0.2, -0.15) is 0 Å². The van der Waals surface area contributed by atoms with Crippen molar-refractivity contribution in [2.75, 3.05) is 0 Å². The predicted octanol–water partition coefficient (Wildman–Crippen LogP) is 3.96. The van der Waals surface area contributed by atoms with Gasteiger partial charge in [-0.25, -0.2) is 0 Å². The van der Waals surface area contributed by atoms with Crippen molar-refractivity contribution in [2.24, 2.45) is 0 Å². The van der Waals surface area contributed by atoms with E-state index in [4.69, 9.17) is 11.6 Å². The van der Waals surface area contributed by atoms with E-state index in [2.05, 4.69) is 27.0 Å². The number of hydrogen-bond acceptors (Lipinski definition) is 1. The van der Waals surface area contributed by atoms with Crippen molar-refractivity contribution >= 4 is 27.5 Å². The van der Waals surface area contributed by atoms with Crippen LogP contribution in [-0.4, -0.2) is 4.98 Å². The molecule has 3 heteroatoms. The van der Waals surface area contributed by atoms with Crippen molar-refractivity contribution in [3.63, 3.8) is 0 Å².